The van der Waals surface area contributed by atoms with Gasteiger partial charge in [-0.2, -0.15) is 5.10 Å². The van der Waals surface area contributed by atoms with Gasteiger partial charge in [0.25, 0.3) is 5.91 Å². The van der Waals surface area contributed by atoms with E-state index in [1.165, 1.54) is 11.8 Å². The van der Waals surface area contributed by atoms with Crippen LogP contribution in [0.4, 0.5) is 0 Å². The van der Waals surface area contributed by atoms with Crippen molar-refractivity contribution in [2.45, 2.75) is 13.5 Å². The Morgan fingerprint density at radius 3 is 2.57 bits per heavy atom. The van der Waals surface area contributed by atoms with Gasteiger partial charge in [0.1, 0.15) is 0 Å². The van der Waals surface area contributed by atoms with Gasteiger partial charge in [-0.3, -0.25) is 14.6 Å². The molecule has 0 bridgehead atoms. The summed E-state index contributed by atoms with van der Waals surface area (Å²) in [6.45, 7) is 6.91. The second-order valence-electron chi connectivity index (χ2n) is 7.10. The van der Waals surface area contributed by atoms with E-state index in [9.17, 15) is 9.90 Å². The monoisotopic (exact) mass is 430 g/mol. The number of carbonyl (C=O) groups is 1. The van der Waals surface area contributed by atoms with Gasteiger partial charge in [-0.15, -0.1) is 0 Å². The van der Waals surface area contributed by atoms with Crippen LogP contribution in [0, 0.1) is 0 Å². The van der Waals surface area contributed by atoms with E-state index in [1.54, 1.807) is 18.2 Å². The lowest BCUT2D eigenvalue weighted by atomic mass is 10.2. The minimum Gasteiger partial charge on any atom is -0.504 e. The second-order valence-corrected chi connectivity index (χ2v) is 7.54. The first kappa shape index (κ1) is 22.1. The van der Waals surface area contributed by atoms with Crippen LogP contribution < -0.4 is 10.2 Å². The Kier molecular flexibility index (Phi) is 8.07. The average Bonchev–Trinajstić information content (AvgIpc) is 2.74. The van der Waals surface area contributed by atoms with Crippen LogP contribution in [0.25, 0.3) is 0 Å². The molecule has 2 aromatic carbocycles. The molecule has 2 aromatic rings. The lowest BCUT2D eigenvalue weighted by Gasteiger charge is -2.34. The highest BCUT2D eigenvalue weighted by molar-refractivity contribution is 6.30. The number of para-hydroxylation sites is 1. The Bertz CT molecular complexity index is 865. The van der Waals surface area contributed by atoms with E-state index in [0.717, 1.165) is 37.7 Å². The summed E-state index contributed by atoms with van der Waals surface area (Å²) in [7, 11) is 0. The van der Waals surface area contributed by atoms with Crippen molar-refractivity contribution in [2.24, 2.45) is 5.10 Å². The molecule has 1 heterocycles. The molecule has 1 aliphatic heterocycles. The van der Waals surface area contributed by atoms with Gasteiger partial charge in [0.2, 0.25) is 0 Å². The van der Waals surface area contributed by atoms with Crippen LogP contribution in [0.5, 0.6) is 11.5 Å². The van der Waals surface area contributed by atoms with Crippen molar-refractivity contribution in [2.75, 3.05) is 39.3 Å². The third-order valence-electron chi connectivity index (χ3n) is 4.87. The number of carbonyl (C=O) groups excluding carboxylic acids is 1. The molecule has 0 unspecified atom stereocenters. The number of aromatic hydroxyl groups is 1. The number of halogens is 1. The molecule has 7 nitrogen and oxygen atoms in total. The average molecular weight is 431 g/mol. The second kappa shape index (κ2) is 11.0. The van der Waals surface area contributed by atoms with Gasteiger partial charge in [-0.1, -0.05) is 29.8 Å². The van der Waals surface area contributed by atoms with E-state index in [2.05, 4.69) is 20.3 Å². The highest BCUT2D eigenvalue weighted by Crippen LogP contribution is 2.28. The third-order valence-corrected chi connectivity index (χ3v) is 5.13. The number of benzene rings is 2. The summed E-state index contributed by atoms with van der Waals surface area (Å²) >= 11 is 5.93. The number of hydrogen-bond acceptors (Lipinski definition) is 6. The quantitative estimate of drug-likeness (QED) is 0.497. The van der Waals surface area contributed by atoms with E-state index in [-0.39, 0.29) is 18.2 Å². The molecule has 30 heavy (non-hydrogen) atoms. The normalized spacial score (nSPS) is 15.4. The lowest BCUT2D eigenvalue weighted by Crippen LogP contribution is -2.48. The molecule has 1 aliphatic rings. The van der Waals surface area contributed by atoms with Crippen LogP contribution in [-0.4, -0.2) is 66.4 Å². The zero-order valence-electron chi connectivity index (χ0n) is 17.1. The number of nitrogens with one attached hydrogen (secondary N) is 1. The van der Waals surface area contributed by atoms with Gasteiger partial charge in [-0.25, -0.2) is 5.43 Å². The van der Waals surface area contributed by atoms with Crippen molar-refractivity contribution in [3.8, 4) is 11.5 Å². The predicted molar refractivity (Wildman–Crippen MR) is 118 cm³/mol. The largest absolute Gasteiger partial charge is 0.504 e. The van der Waals surface area contributed by atoms with Crippen LogP contribution >= 0.6 is 11.6 Å². The SMILES string of the molecule is CCOc1cccc(/C=N\NC(=O)CN2CCN(Cc3ccc(Cl)cc3)CC2)c1O. The summed E-state index contributed by atoms with van der Waals surface area (Å²) < 4.78 is 5.34. The topological polar surface area (TPSA) is 77.4 Å². The lowest BCUT2D eigenvalue weighted by molar-refractivity contribution is -0.122. The molecule has 2 N–H and O–H groups in total. The standard InChI is InChI=1S/C22H27ClN4O3/c1-2-30-20-5-3-4-18(22(20)29)14-24-25-21(28)16-27-12-10-26(11-13-27)15-17-6-8-19(23)9-7-17/h3-9,14,29H,2,10-13,15-16H2,1H3,(H,25,28)/b24-14-. The highest BCUT2D eigenvalue weighted by atomic mass is 35.5. The first-order valence-corrected chi connectivity index (χ1v) is 10.4. The van der Waals surface area contributed by atoms with Gasteiger partial charge in [0, 0.05) is 43.3 Å². The molecule has 3 rings (SSSR count). The van der Waals surface area contributed by atoms with Gasteiger partial charge in [0.15, 0.2) is 11.5 Å². The molecule has 0 radical (unpaired) electrons. The molecular formula is C22H27ClN4O3. The Balaban J connectivity index is 1.41. The van der Waals surface area contributed by atoms with Crippen molar-refractivity contribution in [1.29, 1.82) is 0 Å². The van der Waals surface area contributed by atoms with Crippen molar-refractivity contribution in [3.05, 3.63) is 58.6 Å². The Morgan fingerprint density at radius 2 is 1.87 bits per heavy atom. The van der Waals surface area contributed by atoms with Gasteiger partial charge in [-0.05, 0) is 36.8 Å². The Hall–Kier alpha value is -2.61. The molecular weight excluding hydrogens is 404 g/mol. The van der Waals surface area contributed by atoms with E-state index in [1.807, 2.05) is 31.2 Å². The zero-order valence-corrected chi connectivity index (χ0v) is 17.8. The summed E-state index contributed by atoms with van der Waals surface area (Å²) in [6, 6.07) is 13.0. The van der Waals surface area contributed by atoms with E-state index >= 15 is 0 Å². The van der Waals surface area contributed by atoms with E-state index in [4.69, 9.17) is 16.3 Å². The Labute approximate surface area is 181 Å². The summed E-state index contributed by atoms with van der Waals surface area (Å²) in [5.41, 5.74) is 4.24. The minimum absolute atomic E-state index is 0.00848. The summed E-state index contributed by atoms with van der Waals surface area (Å²) in [5.74, 6) is 0.219. The van der Waals surface area contributed by atoms with E-state index < -0.39 is 0 Å². The maximum Gasteiger partial charge on any atom is 0.254 e. The number of phenols is 1. The van der Waals surface area contributed by atoms with E-state index in [0.29, 0.717) is 17.9 Å². The fraction of sp³-hybridized carbons (Fsp3) is 0.364. The van der Waals surface area contributed by atoms with Crippen LogP contribution in [0.1, 0.15) is 18.1 Å². The van der Waals surface area contributed by atoms with Crippen LogP contribution in [-0.2, 0) is 11.3 Å². The molecule has 8 heteroatoms. The molecule has 0 atom stereocenters. The van der Waals surface area contributed by atoms with Gasteiger partial charge in [0.05, 0.1) is 19.4 Å². The number of ether oxygens (including phenoxy) is 1. The summed E-state index contributed by atoms with van der Waals surface area (Å²) in [5, 5.41) is 14.8. The maximum atomic E-state index is 12.2. The maximum absolute atomic E-state index is 12.2. The minimum atomic E-state index is -0.183. The first-order chi connectivity index (χ1) is 14.5. The number of piperazine rings is 1. The number of hydrogen-bond donors (Lipinski definition) is 2. The number of hydrazone groups is 1. The first-order valence-electron chi connectivity index (χ1n) is 10.0. The molecule has 0 spiro atoms. The summed E-state index contributed by atoms with van der Waals surface area (Å²) in [4.78, 5) is 16.7. The molecule has 160 valence electrons. The molecule has 0 aliphatic carbocycles. The van der Waals surface area contributed by atoms with Crippen molar-refractivity contribution in [1.82, 2.24) is 15.2 Å². The van der Waals surface area contributed by atoms with Crippen molar-refractivity contribution in [3.63, 3.8) is 0 Å². The fourth-order valence-electron chi connectivity index (χ4n) is 3.28. The summed E-state index contributed by atoms with van der Waals surface area (Å²) in [6.07, 6.45) is 1.42. The van der Waals surface area contributed by atoms with Crippen molar-refractivity contribution < 1.29 is 14.6 Å². The number of amides is 1. The smallest absolute Gasteiger partial charge is 0.254 e. The predicted octanol–water partition coefficient (Wildman–Crippen LogP) is 2.71. The molecule has 1 saturated heterocycles. The highest BCUT2D eigenvalue weighted by Gasteiger charge is 2.19. The molecule has 0 aromatic heterocycles. The molecule has 0 saturated carbocycles. The van der Waals surface area contributed by atoms with Gasteiger partial charge < -0.3 is 9.84 Å². The molecule has 1 fully saturated rings. The fourth-order valence-corrected chi connectivity index (χ4v) is 3.41. The van der Waals surface area contributed by atoms with Crippen LogP contribution in [0.3, 0.4) is 0 Å². The number of rotatable bonds is 8. The van der Waals surface area contributed by atoms with Crippen LogP contribution in [0.2, 0.25) is 5.02 Å². The number of phenolic OH excluding ortho intramolecular Hbond substituents is 1. The van der Waals surface area contributed by atoms with Crippen LogP contribution in [0.15, 0.2) is 47.6 Å². The third kappa shape index (κ3) is 6.45. The van der Waals surface area contributed by atoms with Crippen molar-refractivity contribution >= 4 is 23.7 Å². The molecule has 1 amide bonds. The Morgan fingerprint density at radius 1 is 1.17 bits per heavy atom. The number of nitrogens with zero attached hydrogens (tertiary/aromatic N) is 3. The zero-order chi connectivity index (χ0) is 21.3. The van der Waals surface area contributed by atoms with Gasteiger partial charge >= 0.3 is 0 Å².